The first kappa shape index (κ1) is 21.3. The molecule has 0 radical (unpaired) electrons. The fraction of sp³-hybridized carbons (Fsp3) is 0.353. The Morgan fingerprint density at radius 1 is 1.11 bits per heavy atom. The fourth-order valence-corrected chi connectivity index (χ4v) is 2.17. The van der Waals surface area contributed by atoms with Gasteiger partial charge in [0.25, 0.3) is 9.68 Å². The van der Waals surface area contributed by atoms with Crippen molar-refractivity contribution in [3.63, 3.8) is 0 Å². The Hall–Kier alpha value is -1.96. The molecule has 0 bridgehead atoms. The van der Waals surface area contributed by atoms with E-state index >= 15 is 0 Å². The Balaban J connectivity index is 2.12. The Labute approximate surface area is 171 Å². The van der Waals surface area contributed by atoms with E-state index in [1.54, 1.807) is 37.3 Å². The number of rotatable bonds is 8. The van der Waals surface area contributed by atoms with Gasteiger partial charge in [-0.25, -0.2) is 4.79 Å². The SMILES string of the molecule is CCOC(=O)COc1ccc(C=Cc2nnc(C(Cl)(Cl)Cl)o2)cc1OCC. The van der Waals surface area contributed by atoms with Crippen LogP contribution in [0, 0.1) is 0 Å². The molecule has 7 nitrogen and oxygen atoms in total. The molecule has 1 heterocycles. The molecular weight excluding hydrogens is 419 g/mol. The summed E-state index contributed by atoms with van der Waals surface area (Å²) in [6.07, 6.45) is 3.28. The predicted molar refractivity (Wildman–Crippen MR) is 102 cm³/mol. The molecule has 0 aliphatic carbocycles. The summed E-state index contributed by atoms with van der Waals surface area (Å²) < 4.78 is 19.3. The lowest BCUT2D eigenvalue weighted by Gasteiger charge is -2.12. The van der Waals surface area contributed by atoms with Crippen molar-refractivity contribution in [2.24, 2.45) is 0 Å². The number of carbonyl (C=O) groups excluding carboxylic acids is 1. The van der Waals surface area contributed by atoms with Gasteiger partial charge in [-0.3, -0.25) is 0 Å². The van der Waals surface area contributed by atoms with Crippen molar-refractivity contribution >= 4 is 52.9 Å². The van der Waals surface area contributed by atoms with Crippen molar-refractivity contribution in [1.29, 1.82) is 0 Å². The average molecular weight is 436 g/mol. The monoisotopic (exact) mass is 434 g/mol. The van der Waals surface area contributed by atoms with Crippen molar-refractivity contribution < 1.29 is 23.4 Å². The smallest absolute Gasteiger partial charge is 0.344 e. The molecule has 2 aromatic rings. The largest absolute Gasteiger partial charge is 0.490 e. The number of alkyl halides is 3. The van der Waals surface area contributed by atoms with E-state index in [4.69, 9.17) is 53.4 Å². The predicted octanol–water partition coefficient (Wildman–Crippen LogP) is 4.41. The molecule has 0 amide bonds. The van der Waals surface area contributed by atoms with Crippen molar-refractivity contribution in [3.8, 4) is 11.5 Å². The minimum absolute atomic E-state index is 0.120. The fourth-order valence-electron chi connectivity index (χ4n) is 1.94. The lowest BCUT2D eigenvalue weighted by molar-refractivity contribution is -0.145. The molecule has 10 heteroatoms. The number of ether oxygens (including phenoxy) is 3. The molecule has 146 valence electrons. The second kappa shape index (κ2) is 9.82. The van der Waals surface area contributed by atoms with Crippen molar-refractivity contribution in [1.82, 2.24) is 10.2 Å². The van der Waals surface area contributed by atoms with E-state index in [1.165, 1.54) is 0 Å². The second-order valence-corrected chi connectivity index (χ2v) is 7.29. The summed E-state index contributed by atoms with van der Waals surface area (Å²) in [6.45, 7) is 4.09. The number of nitrogens with zero attached hydrogens (tertiary/aromatic N) is 2. The number of halogens is 3. The first-order valence-electron chi connectivity index (χ1n) is 7.97. The number of esters is 1. The van der Waals surface area contributed by atoms with Crippen LogP contribution in [-0.2, 0) is 13.3 Å². The zero-order chi connectivity index (χ0) is 19.9. The highest BCUT2D eigenvalue weighted by Gasteiger charge is 2.29. The molecule has 27 heavy (non-hydrogen) atoms. The summed E-state index contributed by atoms with van der Waals surface area (Å²) in [5, 5.41) is 7.44. The van der Waals surface area contributed by atoms with Gasteiger partial charge in [-0.05, 0) is 37.6 Å². The maximum atomic E-state index is 11.4. The van der Waals surface area contributed by atoms with Crippen LogP contribution in [0.2, 0.25) is 0 Å². The first-order valence-corrected chi connectivity index (χ1v) is 9.11. The normalized spacial score (nSPS) is 11.6. The van der Waals surface area contributed by atoms with Crippen molar-refractivity contribution in [2.75, 3.05) is 19.8 Å². The molecule has 1 aromatic carbocycles. The van der Waals surface area contributed by atoms with Gasteiger partial charge < -0.3 is 18.6 Å². The summed E-state index contributed by atoms with van der Waals surface area (Å²) in [7, 11) is 0. The average Bonchev–Trinajstić information content (AvgIpc) is 3.09. The Morgan fingerprint density at radius 2 is 1.89 bits per heavy atom. The van der Waals surface area contributed by atoms with E-state index in [9.17, 15) is 4.79 Å². The minimum Gasteiger partial charge on any atom is -0.490 e. The van der Waals surface area contributed by atoms with E-state index in [0.717, 1.165) is 5.56 Å². The highest BCUT2D eigenvalue weighted by atomic mass is 35.6. The maximum absolute atomic E-state index is 11.4. The molecule has 0 N–H and O–H groups in total. The van der Waals surface area contributed by atoms with E-state index in [1.807, 2.05) is 6.92 Å². The Morgan fingerprint density at radius 3 is 2.52 bits per heavy atom. The summed E-state index contributed by atoms with van der Waals surface area (Å²) in [4.78, 5) is 11.4. The Kier molecular flexibility index (Phi) is 7.77. The van der Waals surface area contributed by atoms with Crippen LogP contribution < -0.4 is 9.47 Å². The van der Waals surface area contributed by atoms with Crippen LogP contribution in [0.4, 0.5) is 0 Å². The molecule has 0 unspecified atom stereocenters. The number of hydrogen-bond donors (Lipinski definition) is 0. The third-order valence-electron chi connectivity index (χ3n) is 3.02. The van der Waals surface area contributed by atoms with E-state index < -0.39 is 9.76 Å². The van der Waals surface area contributed by atoms with Crippen LogP contribution in [0.3, 0.4) is 0 Å². The molecule has 1 aromatic heterocycles. The van der Waals surface area contributed by atoms with Crippen LogP contribution in [0.15, 0.2) is 22.6 Å². The van der Waals surface area contributed by atoms with Crippen LogP contribution in [0.5, 0.6) is 11.5 Å². The topological polar surface area (TPSA) is 83.7 Å². The van der Waals surface area contributed by atoms with Gasteiger partial charge in [0, 0.05) is 6.08 Å². The zero-order valence-electron chi connectivity index (χ0n) is 14.6. The number of carbonyl (C=O) groups is 1. The first-order chi connectivity index (χ1) is 12.8. The van der Waals surface area contributed by atoms with Gasteiger partial charge in [-0.2, -0.15) is 0 Å². The van der Waals surface area contributed by atoms with Crippen LogP contribution in [0.25, 0.3) is 12.2 Å². The highest BCUT2D eigenvalue weighted by molar-refractivity contribution is 6.66. The molecule has 0 aliphatic rings. The molecule has 0 atom stereocenters. The van der Waals surface area contributed by atoms with Crippen LogP contribution >= 0.6 is 34.8 Å². The van der Waals surface area contributed by atoms with Crippen LogP contribution in [-0.4, -0.2) is 36.0 Å². The van der Waals surface area contributed by atoms with E-state index in [2.05, 4.69) is 10.2 Å². The van der Waals surface area contributed by atoms with Gasteiger partial charge in [0.1, 0.15) is 0 Å². The van der Waals surface area contributed by atoms with Crippen molar-refractivity contribution in [3.05, 3.63) is 35.5 Å². The molecule has 0 spiro atoms. The standard InChI is InChI=1S/C17H17Cl3N2O5/c1-3-24-13-9-11(5-7-12(13)26-10-15(23)25-4-2)6-8-14-21-22-16(27-14)17(18,19)20/h5-9H,3-4,10H2,1-2H3. The molecule has 0 saturated carbocycles. The Bertz CT molecular complexity index is 802. The minimum atomic E-state index is -1.78. The number of aromatic nitrogens is 2. The highest BCUT2D eigenvalue weighted by Crippen LogP contribution is 2.37. The van der Waals surface area contributed by atoms with Gasteiger partial charge in [0.2, 0.25) is 5.89 Å². The molecular formula is C17H17Cl3N2O5. The zero-order valence-corrected chi connectivity index (χ0v) is 16.8. The van der Waals surface area contributed by atoms with Crippen LogP contribution in [0.1, 0.15) is 31.2 Å². The van der Waals surface area contributed by atoms with Crippen molar-refractivity contribution in [2.45, 2.75) is 17.6 Å². The molecule has 0 fully saturated rings. The summed E-state index contributed by atoms with van der Waals surface area (Å²) in [6, 6.07) is 5.20. The maximum Gasteiger partial charge on any atom is 0.344 e. The third kappa shape index (κ3) is 6.61. The third-order valence-corrected chi connectivity index (χ3v) is 3.50. The van der Waals surface area contributed by atoms with Gasteiger partial charge >= 0.3 is 5.97 Å². The van der Waals surface area contributed by atoms with Gasteiger partial charge in [-0.1, -0.05) is 40.9 Å². The number of benzene rings is 1. The quantitative estimate of drug-likeness (QED) is 0.448. The summed E-state index contributed by atoms with van der Waals surface area (Å²) in [5.41, 5.74) is 0.774. The lowest BCUT2D eigenvalue weighted by atomic mass is 10.2. The molecule has 0 saturated heterocycles. The summed E-state index contributed by atoms with van der Waals surface area (Å²) >= 11 is 17.0. The van der Waals surface area contributed by atoms with Gasteiger partial charge in [-0.15, -0.1) is 10.2 Å². The summed E-state index contributed by atoms with van der Waals surface area (Å²) in [5.74, 6) is 0.515. The van der Waals surface area contributed by atoms with Gasteiger partial charge in [0.15, 0.2) is 18.1 Å². The van der Waals surface area contributed by atoms with Gasteiger partial charge in [0.05, 0.1) is 13.2 Å². The lowest BCUT2D eigenvalue weighted by Crippen LogP contribution is -2.15. The van der Waals surface area contributed by atoms with E-state index in [-0.39, 0.29) is 18.4 Å². The number of hydrogen-bond acceptors (Lipinski definition) is 7. The molecule has 2 rings (SSSR count). The molecule has 0 aliphatic heterocycles. The second-order valence-electron chi connectivity index (χ2n) is 5.01. The van der Waals surface area contributed by atoms with E-state index in [0.29, 0.717) is 24.7 Å².